The third-order valence-electron chi connectivity index (χ3n) is 12.9. The Morgan fingerprint density at radius 3 is 2.10 bits per heavy atom. The van der Waals surface area contributed by atoms with E-state index in [1.165, 1.54) is 37.8 Å². The minimum atomic E-state index is -1.55. The van der Waals surface area contributed by atoms with E-state index in [9.17, 15) is 43.5 Å². The summed E-state index contributed by atoms with van der Waals surface area (Å²) in [5.41, 5.74) is 0.631. The van der Waals surface area contributed by atoms with Gasteiger partial charge in [0.15, 0.2) is 11.9 Å². The zero-order valence-electron chi connectivity index (χ0n) is 41.9. The Hall–Kier alpha value is -5.10. The minimum absolute atomic E-state index is 0.0500. The first-order valence-electron chi connectivity index (χ1n) is 23.9. The van der Waals surface area contributed by atoms with E-state index in [1.807, 2.05) is 34.6 Å². The molecule has 2 saturated heterocycles. The summed E-state index contributed by atoms with van der Waals surface area (Å²) in [6.07, 6.45) is -3.30. The maximum atomic E-state index is 14.7. The summed E-state index contributed by atoms with van der Waals surface area (Å²) in [5, 5.41) is 22.9. The van der Waals surface area contributed by atoms with Crippen LogP contribution in [0.15, 0.2) is 24.3 Å². The second-order valence-electron chi connectivity index (χ2n) is 19.5. The van der Waals surface area contributed by atoms with Gasteiger partial charge < -0.3 is 50.4 Å². The molecule has 0 bridgehead atoms. The number of fused-ring (bicyclic) bond motifs is 1. The van der Waals surface area contributed by atoms with E-state index < -0.39 is 126 Å². The van der Waals surface area contributed by atoms with Crippen LogP contribution >= 0.6 is 0 Å². The Morgan fingerprint density at radius 1 is 0.910 bits per heavy atom. The van der Waals surface area contributed by atoms with Crippen LogP contribution < -0.4 is 26.0 Å². The number of benzene rings is 1. The third kappa shape index (κ3) is 15.5. The van der Waals surface area contributed by atoms with Crippen LogP contribution in [0.3, 0.4) is 0 Å². The Kier molecular flexibility index (Phi) is 21.7. The number of nitrogens with zero attached hydrogens (tertiary/aromatic N) is 2. The Bertz CT molecular complexity index is 1870. The van der Waals surface area contributed by atoms with Crippen LogP contribution in [-0.2, 0) is 54.3 Å². The number of hydrogen-bond donors (Lipinski definition) is 5. The molecule has 3 rings (SSSR count). The Labute approximate surface area is 396 Å². The highest BCUT2D eigenvalue weighted by molar-refractivity contribution is 6.05. The fraction of sp³-hybridized carbons (Fsp3) is 0.714. The predicted octanol–water partition coefficient (Wildman–Crippen LogP) is 2.71. The lowest BCUT2D eigenvalue weighted by molar-refractivity contribution is -0.163. The van der Waals surface area contributed by atoms with Gasteiger partial charge in [-0.2, -0.15) is 0 Å². The standard InChI is InChI=1S/C49H78N6O12/c1-14-29(8)40-38(56)25-39(57)67-43(28(6)7)42(58)30(9)44(59)51-35(23-27(4)5)47(62)55-21-15-16-36(55)48(63)54(12)37(24-32-17-19-33(65-13)20-18-32)49(64)66-31(10)41(46(61)52-40)53-45(60)34(50-11)22-26(2)3/h17-20,26-31,34-38,40-41,43,50,56H,14-16,21-25H2,1-13H3,(H,51,59)(H,52,61)(H,53,60)/t29-,30-,31-,34+,35+,36-,37-,38+,40+,41+,43+/m0/s1. The molecule has 2 heterocycles. The van der Waals surface area contributed by atoms with E-state index in [4.69, 9.17) is 14.2 Å². The molecule has 0 aliphatic carbocycles. The largest absolute Gasteiger partial charge is 0.497 e. The van der Waals surface area contributed by atoms with Crippen LogP contribution in [0.2, 0.25) is 0 Å². The predicted molar refractivity (Wildman–Crippen MR) is 250 cm³/mol. The zero-order chi connectivity index (χ0) is 50.4. The lowest BCUT2D eigenvalue weighted by atomic mass is 9.91. The molecule has 2 aliphatic rings. The van der Waals surface area contributed by atoms with Crippen LogP contribution in [0, 0.1) is 29.6 Å². The van der Waals surface area contributed by atoms with Crippen LogP contribution in [0.25, 0.3) is 0 Å². The van der Waals surface area contributed by atoms with Crippen molar-refractivity contribution in [3.05, 3.63) is 29.8 Å². The molecule has 0 spiro atoms. The van der Waals surface area contributed by atoms with E-state index in [0.29, 0.717) is 30.6 Å². The molecule has 5 amide bonds. The smallest absolute Gasteiger partial charge is 0.329 e. The second-order valence-corrected chi connectivity index (χ2v) is 19.5. The number of carbonyl (C=O) groups excluding carboxylic acids is 8. The molecule has 5 N–H and O–H groups in total. The number of carbonyl (C=O) groups is 8. The minimum Gasteiger partial charge on any atom is -0.497 e. The maximum absolute atomic E-state index is 14.7. The third-order valence-corrected chi connectivity index (χ3v) is 12.9. The van der Waals surface area contributed by atoms with Crippen molar-refractivity contribution < 1.29 is 57.7 Å². The number of hydrogen-bond acceptors (Lipinski definition) is 13. The SMILES string of the molecule is CC[C@H](C)[C@H]1NC(=O)[C@H](NC(=O)[C@@H](CC(C)C)NC)[C@H](C)OC(=O)[C@H](Cc2ccc(OC)cc2)N(C)C(=O)[C@@H]2CCCN2C(=O)[C@@H](CC(C)C)NC(=O)[C@@H](C)C(=O)[C@@H](C(C)C)OC(=O)C[C@H]1O. The number of nitrogens with one attached hydrogen (secondary N) is 4. The van der Waals surface area contributed by atoms with Gasteiger partial charge >= 0.3 is 11.9 Å². The van der Waals surface area contributed by atoms with Gasteiger partial charge in [0.2, 0.25) is 29.5 Å². The number of rotatable bonds is 13. The zero-order valence-corrected chi connectivity index (χ0v) is 41.9. The van der Waals surface area contributed by atoms with Crippen molar-refractivity contribution in [1.29, 1.82) is 0 Å². The van der Waals surface area contributed by atoms with Crippen molar-refractivity contribution >= 4 is 47.3 Å². The number of likely N-dealkylation sites (N-methyl/N-ethyl adjacent to an activating group) is 2. The molecule has 0 aromatic heterocycles. The lowest BCUT2D eigenvalue weighted by Gasteiger charge is -2.35. The van der Waals surface area contributed by atoms with E-state index in [0.717, 1.165) is 0 Å². The molecule has 0 radical (unpaired) electrons. The van der Waals surface area contributed by atoms with Gasteiger partial charge in [0.25, 0.3) is 0 Å². The Morgan fingerprint density at radius 2 is 1.55 bits per heavy atom. The van der Waals surface area contributed by atoms with Gasteiger partial charge in [0.1, 0.15) is 36.0 Å². The number of Topliss-reactive ketones (excluding diaryl/α,β-unsaturated/α-hetero) is 1. The molecule has 376 valence electrons. The van der Waals surface area contributed by atoms with Gasteiger partial charge in [0.05, 0.1) is 37.6 Å². The average molecular weight is 943 g/mol. The number of amides is 5. The molecule has 1 aromatic carbocycles. The monoisotopic (exact) mass is 943 g/mol. The quantitative estimate of drug-likeness (QED) is 0.142. The average Bonchev–Trinajstić information content (AvgIpc) is 3.77. The summed E-state index contributed by atoms with van der Waals surface area (Å²) < 4.78 is 17.1. The molecular weight excluding hydrogens is 865 g/mol. The van der Waals surface area contributed by atoms with Crippen molar-refractivity contribution in [2.75, 3.05) is 27.7 Å². The maximum Gasteiger partial charge on any atom is 0.329 e. The molecule has 67 heavy (non-hydrogen) atoms. The molecule has 0 saturated carbocycles. The van der Waals surface area contributed by atoms with Crippen molar-refractivity contribution in [3.8, 4) is 5.75 Å². The highest BCUT2D eigenvalue weighted by Crippen LogP contribution is 2.26. The highest BCUT2D eigenvalue weighted by Gasteiger charge is 2.44. The fourth-order valence-electron chi connectivity index (χ4n) is 8.55. The Balaban J connectivity index is 2.23. The molecular formula is C49H78N6O12. The topological polar surface area (TPSA) is 239 Å². The summed E-state index contributed by atoms with van der Waals surface area (Å²) >= 11 is 0. The number of aliphatic hydroxyl groups excluding tert-OH is 1. The second kappa shape index (κ2) is 25.9. The molecule has 2 fully saturated rings. The summed E-state index contributed by atoms with van der Waals surface area (Å²) in [7, 11) is 4.56. The molecule has 1 aromatic rings. The summed E-state index contributed by atoms with van der Waals surface area (Å²) in [5.74, 6) is -7.71. The summed E-state index contributed by atoms with van der Waals surface area (Å²) in [6.45, 7) is 17.4. The summed E-state index contributed by atoms with van der Waals surface area (Å²) in [4.78, 5) is 116. The van der Waals surface area contributed by atoms with E-state index in [1.54, 1.807) is 52.1 Å². The van der Waals surface area contributed by atoms with Gasteiger partial charge in [-0.3, -0.25) is 33.6 Å². The molecule has 11 atom stereocenters. The number of methoxy groups -OCH3 is 1. The van der Waals surface area contributed by atoms with Crippen LogP contribution in [-0.4, -0.2) is 144 Å². The first-order chi connectivity index (χ1) is 31.4. The van der Waals surface area contributed by atoms with Crippen LogP contribution in [0.4, 0.5) is 0 Å². The van der Waals surface area contributed by atoms with E-state index >= 15 is 0 Å². The lowest BCUT2D eigenvalue weighted by Crippen LogP contribution is -2.61. The molecule has 0 unspecified atom stereocenters. The van der Waals surface area contributed by atoms with E-state index in [2.05, 4.69) is 21.3 Å². The first-order valence-corrected chi connectivity index (χ1v) is 23.9. The van der Waals surface area contributed by atoms with Crippen LogP contribution in [0.5, 0.6) is 5.75 Å². The number of esters is 2. The van der Waals surface area contributed by atoms with Gasteiger partial charge in [-0.15, -0.1) is 0 Å². The van der Waals surface area contributed by atoms with Gasteiger partial charge in [-0.05, 0) is 87.9 Å². The molecule has 2 aliphatic heterocycles. The van der Waals surface area contributed by atoms with E-state index in [-0.39, 0.29) is 37.6 Å². The van der Waals surface area contributed by atoms with Crippen molar-refractivity contribution in [2.45, 2.75) is 169 Å². The molecule has 18 heteroatoms. The van der Waals surface area contributed by atoms with Crippen LogP contribution in [0.1, 0.15) is 113 Å². The highest BCUT2D eigenvalue weighted by atomic mass is 16.6. The number of cyclic esters (lactones) is 2. The fourth-order valence-corrected chi connectivity index (χ4v) is 8.55. The number of ketones is 1. The van der Waals surface area contributed by atoms with Gasteiger partial charge in [-0.1, -0.05) is 73.9 Å². The molecule has 18 nitrogen and oxygen atoms in total. The van der Waals surface area contributed by atoms with Gasteiger partial charge in [0, 0.05) is 20.0 Å². The normalized spacial score (nSPS) is 27.8. The number of aliphatic hydroxyl groups is 1. The van der Waals surface area contributed by atoms with Crippen molar-refractivity contribution in [3.63, 3.8) is 0 Å². The first kappa shape index (κ1) is 56.2. The van der Waals surface area contributed by atoms with Crippen molar-refractivity contribution in [1.82, 2.24) is 31.1 Å². The van der Waals surface area contributed by atoms with Crippen molar-refractivity contribution in [2.24, 2.45) is 29.6 Å². The van der Waals surface area contributed by atoms with Gasteiger partial charge in [-0.25, -0.2) is 4.79 Å². The number of ether oxygens (including phenoxy) is 3. The summed E-state index contributed by atoms with van der Waals surface area (Å²) in [6, 6.07) is 0.0322.